The Bertz CT molecular complexity index is 279. The van der Waals surface area contributed by atoms with Crippen molar-refractivity contribution in [2.75, 3.05) is 0 Å². The first-order valence-electron chi connectivity index (χ1n) is 2.95. The first-order valence-corrected chi connectivity index (χ1v) is 2.95. The third-order valence-corrected chi connectivity index (χ3v) is 1.30. The van der Waals surface area contributed by atoms with Gasteiger partial charge in [-0.15, -0.1) is 0 Å². The number of carbonyl (C=O) groups is 2. The van der Waals surface area contributed by atoms with E-state index in [0.29, 0.717) is 0 Å². The molecule has 0 unspecified atom stereocenters. The van der Waals surface area contributed by atoms with Crippen LogP contribution in [0.4, 0.5) is 26.3 Å². The summed E-state index contributed by atoms with van der Waals surface area (Å²) >= 11 is 0. The zero-order valence-corrected chi connectivity index (χ0v) is 8.40. The molecule has 0 amide bonds. The predicted octanol–water partition coefficient (Wildman–Crippen LogP) is -7.60. The van der Waals surface area contributed by atoms with E-state index in [-0.39, 0.29) is 37.7 Å². The number of rotatable bonds is 4. The topological polar surface area (TPSA) is 80.3 Å². The first kappa shape index (κ1) is 21.9. The molecule has 0 aromatic heterocycles. The number of hydrogen-bond donors (Lipinski definition) is 0. The van der Waals surface area contributed by atoms with Gasteiger partial charge in [0, 0.05) is 0 Å². The van der Waals surface area contributed by atoms with Gasteiger partial charge >= 0.3 is 55.5 Å². The summed E-state index contributed by atoms with van der Waals surface area (Å²) in [4.78, 5) is 18.9. The second-order valence-electron chi connectivity index (χ2n) is 2.30. The maximum absolute atomic E-state index is 12.1. The first-order chi connectivity index (χ1) is 6.39. The Morgan fingerprint density at radius 3 is 1.00 bits per heavy atom. The number of carboxylic acids is 2. The Morgan fingerprint density at radius 2 is 0.882 bits per heavy atom. The fourth-order valence-corrected chi connectivity index (χ4v) is 0.454. The fraction of sp³-hybridized carbons (Fsp3) is 0.600. The van der Waals surface area contributed by atoms with Crippen LogP contribution in [0.1, 0.15) is 0 Å². The van der Waals surface area contributed by atoms with Gasteiger partial charge in [0.2, 0.25) is 0 Å². The summed E-state index contributed by atoms with van der Waals surface area (Å²) in [6.45, 7) is 0. The molecule has 0 fully saturated rings. The zero-order chi connectivity index (χ0) is 12.7. The van der Waals surface area contributed by atoms with Crippen molar-refractivity contribution in [2.45, 2.75) is 17.8 Å². The molecule has 0 saturated heterocycles. The van der Waals surface area contributed by atoms with Crippen molar-refractivity contribution in [1.29, 1.82) is 0 Å². The summed E-state index contributed by atoms with van der Waals surface area (Å²) in [6.07, 6.45) is 0. The van der Waals surface area contributed by atoms with E-state index in [9.17, 15) is 46.1 Å². The van der Waals surface area contributed by atoms with Crippen LogP contribution in [0.25, 0.3) is 0 Å². The minimum absolute atomic E-state index is 0. The average molecular weight is 252 g/mol. The number of hydrogen-bond acceptors (Lipinski definition) is 4. The third-order valence-electron chi connectivity index (χ3n) is 1.30. The van der Waals surface area contributed by atoms with Crippen molar-refractivity contribution in [2.24, 2.45) is 0 Å². The van der Waals surface area contributed by atoms with Gasteiger partial charge in [-0.1, -0.05) is 0 Å². The molecule has 0 bridgehead atoms. The molecule has 4 nitrogen and oxygen atoms in total. The van der Waals surface area contributed by atoms with Gasteiger partial charge in [-0.2, -0.15) is 26.3 Å². The van der Waals surface area contributed by atoms with E-state index in [0.717, 1.165) is 0 Å². The van der Waals surface area contributed by atoms with Gasteiger partial charge in [0.1, 0.15) is 11.9 Å². The standard InChI is InChI=1S/C5H2F6O4.2Li/c6-3(7,1(12)13)5(10,11)4(8,9)2(14)15;;/h(H,12,13)(H,14,15);;/q;2*+1/p-2. The summed E-state index contributed by atoms with van der Waals surface area (Å²) in [7, 11) is 0. The van der Waals surface area contributed by atoms with Gasteiger partial charge in [0.05, 0.1) is 0 Å². The molecule has 0 radical (unpaired) electrons. The van der Waals surface area contributed by atoms with E-state index in [1.807, 2.05) is 0 Å². The second kappa shape index (κ2) is 6.05. The molecule has 17 heavy (non-hydrogen) atoms. The quantitative estimate of drug-likeness (QED) is 0.367. The molecule has 0 atom stereocenters. The van der Waals surface area contributed by atoms with E-state index in [1.54, 1.807) is 0 Å². The van der Waals surface area contributed by atoms with Gasteiger partial charge in [0.15, 0.2) is 0 Å². The Labute approximate surface area is 114 Å². The average Bonchev–Trinajstić information content (AvgIpc) is 2.02. The van der Waals surface area contributed by atoms with E-state index >= 15 is 0 Å². The Balaban J connectivity index is -0.000000980. The van der Waals surface area contributed by atoms with Gasteiger partial charge in [-0.25, -0.2) is 0 Å². The smallest absolute Gasteiger partial charge is 0.544 e. The third kappa shape index (κ3) is 3.35. The molecule has 0 heterocycles. The van der Waals surface area contributed by atoms with Crippen molar-refractivity contribution in [1.82, 2.24) is 0 Å². The van der Waals surface area contributed by atoms with Crippen molar-refractivity contribution in [3.8, 4) is 0 Å². The van der Waals surface area contributed by atoms with Crippen LogP contribution in [0.3, 0.4) is 0 Å². The number of aliphatic carboxylic acids is 2. The fourth-order valence-electron chi connectivity index (χ4n) is 0.454. The van der Waals surface area contributed by atoms with Crippen LogP contribution in [0.15, 0.2) is 0 Å². The van der Waals surface area contributed by atoms with Crippen molar-refractivity contribution in [3.05, 3.63) is 0 Å². The molecule has 88 valence electrons. The Morgan fingerprint density at radius 1 is 0.706 bits per heavy atom. The Hall–Kier alpha value is -0.285. The minimum Gasteiger partial charge on any atom is -0.544 e. The molecule has 0 rings (SSSR count). The molecule has 0 spiro atoms. The van der Waals surface area contributed by atoms with Gasteiger partial charge in [-0.05, 0) is 0 Å². The van der Waals surface area contributed by atoms with E-state index in [1.165, 1.54) is 0 Å². The molecule has 0 saturated carbocycles. The molecule has 0 aliphatic heterocycles. The largest absolute Gasteiger partial charge is 1.00 e. The van der Waals surface area contributed by atoms with Crippen LogP contribution in [-0.2, 0) is 9.59 Å². The molecular formula is C5F6Li2O4. The number of carboxylic acid groups (broad SMARTS) is 2. The molecule has 0 aliphatic carbocycles. The summed E-state index contributed by atoms with van der Waals surface area (Å²) in [5.74, 6) is -27.0. The monoisotopic (exact) mass is 252 g/mol. The van der Waals surface area contributed by atoms with E-state index in [4.69, 9.17) is 0 Å². The van der Waals surface area contributed by atoms with Crippen LogP contribution in [0.2, 0.25) is 0 Å². The molecule has 0 aromatic carbocycles. The van der Waals surface area contributed by atoms with Crippen LogP contribution in [-0.4, -0.2) is 29.7 Å². The maximum Gasteiger partial charge on any atom is 1.00 e. The molecular weight excluding hydrogens is 252 g/mol. The second-order valence-corrected chi connectivity index (χ2v) is 2.30. The number of carbonyl (C=O) groups excluding carboxylic acids is 2. The SMILES string of the molecule is O=C([O-])C(F)(F)C(F)(F)C(F)(F)C(=O)[O-].[Li+].[Li+]. The number of alkyl halides is 6. The summed E-state index contributed by atoms with van der Waals surface area (Å²) in [5.41, 5.74) is 0. The molecule has 0 aliphatic rings. The van der Waals surface area contributed by atoms with Gasteiger partial charge in [0.25, 0.3) is 0 Å². The van der Waals surface area contributed by atoms with Crippen LogP contribution in [0.5, 0.6) is 0 Å². The van der Waals surface area contributed by atoms with E-state index < -0.39 is 29.7 Å². The summed E-state index contributed by atoms with van der Waals surface area (Å²) in [6, 6.07) is 0. The minimum atomic E-state index is -6.66. The van der Waals surface area contributed by atoms with Gasteiger partial charge < -0.3 is 19.8 Å². The van der Waals surface area contributed by atoms with Gasteiger partial charge in [-0.3, -0.25) is 0 Å². The maximum atomic E-state index is 12.1. The van der Waals surface area contributed by atoms with Crippen molar-refractivity contribution < 1.29 is 83.9 Å². The van der Waals surface area contributed by atoms with Crippen molar-refractivity contribution in [3.63, 3.8) is 0 Å². The number of halogens is 6. The normalized spacial score (nSPS) is 12.1. The summed E-state index contributed by atoms with van der Waals surface area (Å²) in [5, 5.41) is 18.9. The van der Waals surface area contributed by atoms with Crippen LogP contribution < -0.4 is 47.9 Å². The Kier molecular flexibility index (Phi) is 7.81. The molecule has 0 N–H and O–H groups in total. The molecule has 12 heteroatoms. The van der Waals surface area contributed by atoms with E-state index in [2.05, 4.69) is 0 Å². The molecule has 0 aromatic rings. The summed E-state index contributed by atoms with van der Waals surface area (Å²) < 4.78 is 72.3. The van der Waals surface area contributed by atoms with Crippen LogP contribution in [0, 0.1) is 0 Å². The van der Waals surface area contributed by atoms with Crippen molar-refractivity contribution >= 4 is 11.9 Å². The zero-order valence-electron chi connectivity index (χ0n) is 8.40. The predicted molar refractivity (Wildman–Crippen MR) is 24.9 cm³/mol. The van der Waals surface area contributed by atoms with Crippen LogP contribution >= 0.6 is 0 Å².